The largest absolute Gasteiger partial charge is 0.510 e. The second-order valence-corrected chi connectivity index (χ2v) is 8.34. The minimum Gasteiger partial charge on any atom is -0.440 e. The van der Waals surface area contributed by atoms with Gasteiger partial charge < -0.3 is 24.7 Å². The number of fused-ring (bicyclic) bond motifs is 1. The number of nitrogen functional groups attached to an aromatic ring is 1. The van der Waals surface area contributed by atoms with Gasteiger partial charge in [0.25, 0.3) is 6.47 Å². The van der Waals surface area contributed by atoms with E-state index in [1.54, 1.807) is 13.8 Å². The van der Waals surface area contributed by atoms with Crippen molar-refractivity contribution in [2.24, 2.45) is 0 Å². The molecule has 2 N–H and O–H groups in total. The number of carbonyl (C=O) groups is 2. The van der Waals surface area contributed by atoms with Crippen LogP contribution in [0.2, 0.25) is 0 Å². The van der Waals surface area contributed by atoms with Crippen LogP contribution >= 0.6 is 7.60 Å². The fourth-order valence-electron chi connectivity index (χ4n) is 2.25. The average molecular weight is 479 g/mol. The summed E-state index contributed by atoms with van der Waals surface area (Å²) in [7, 11) is -4.12. The van der Waals surface area contributed by atoms with E-state index < -0.39 is 52.6 Å². The van der Waals surface area contributed by atoms with Crippen molar-refractivity contribution in [1.82, 2.24) is 19.6 Å². The minimum atomic E-state index is -4.12. The van der Waals surface area contributed by atoms with E-state index in [-0.39, 0.29) is 18.8 Å². The monoisotopic (exact) mass is 479 g/mol. The number of carbonyl (C=O) groups excluding carboxylic acids is 2. The molecule has 2 aromatic rings. The predicted octanol–water partition coefficient (Wildman–Crippen LogP) is 1.44. The summed E-state index contributed by atoms with van der Waals surface area (Å²) >= 11 is 0. The van der Waals surface area contributed by atoms with Gasteiger partial charge in [0.15, 0.2) is 5.65 Å². The fourth-order valence-corrected chi connectivity index (χ4v) is 3.31. The molecular formula is C16H23FN5O9P. The minimum absolute atomic E-state index is 0.00148. The Labute approximate surface area is 181 Å². The zero-order chi connectivity index (χ0) is 23.6. The molecule has 32 heavy (non-hydrogen) atoms. The molecule has 14 nitrogen and oxygen atoms in total. The van der Waals surface area contributed by atoms with Crippen LogP contribution in [0.5, 0.6) is 0 Å². The maximum absolute atomic E-state index is 13.6. The molecular weight excluding hydrogens is 456 g/mol. The molecule has 0 aromatic carbocycles. The van der Waals surface area contributed by atoms with Gasteiger partial charge in [0.2, 0.25) is 19.5 Å². The lowest BCUT2D eigenvalue weighted by molar-refractivity contribution is -0.135. The molecule has 2 heterocycles. The van der Waals surface area contributed by atoms with Crippen molar-refractivity contribution < 1.29 is 46.5 Å². The second kappa shape index (κ2) is 12.2. The normalized spacial score (nSPS) is 14.1. The van der Waals surface area contributed by atoms with Crippen LogP contribution in [0.3, 0.4) is 0 Å². The Hall–Kier alpha value is -2.87. The van der Waals surface area contributed by atoms with E-state index in [2.05, 4.69) is 24.5 Å². The highest BCUT2D eigenvalue weighted by Gasteiger charge is 2.29. The zero-order valence-electron chi connectivity index (χ0n) is 17.3. The van der Waals surface area contributed by atoms with E-state index >= 15 is 0 Å². The summed E-state index contributed by atoms with van der Waals surface area (Å²) in [6.45, 7) is 0.762. The summed E-state index contributed by atoms with van der Waals surface area (Å²) in [6, 6.07) is 0. The lowest BCUT2D eigenvalue weighted by atomic mass is 10.1. The molecule has 0 bridgehead atoms. The van der Waals surface area contributed by atoms with E-state index in [4.69, 9.17) is 24.3 Å². The number of halogens is 1. The number of anilines is 1. The Morgan fingerprint density at radius 2 is 2.06 bits per heavy atom. The second-order valence-electron chi connectivity index (χ2n) is 6.34. The SMILES string of the molecule is CC(C)OC(=O)OCOP(=O)(COC(CF)Cc1cnn2c(N)ncnc12)OCOC=O. The summed E-state index contributed by atoms with van der Waals surface area (Å²) in [5.41, 5.74) is 6.55. The van der Waals surface area contributed by atoms with Gasteiger partial charge in [0.05, 0.1) is 18.4 Å². The van der Waals surface area contributed by atoms with Crippen LogP contribution in [0.15, 0.2) is 12.5 Å². The van der Waals surface area contributed by atoms with Crippen molar-refractivity contribution in [1.29, 1.82) is 0 Å². The first-order chi connectivity index (χ1) is 15.3. The lowest BCUT2D eigenvalue weighted by Gasteiger charge is -2.20. The van der Waals surface area contributed by atoms with Gasteiger partial charge in [-0.15, -0.1) is 0 Å². The molecule has 0 aliphatic heterocycles. The molecule has 0 fully saturated rings. The number of nitrogens with zero attached hydrogens (tertiary/aromatic N) is 4. The summed E-state index contributed by atoms with van der Waals surface area (Å²) in [4.78, 5) is 29.5. The third-order valence-electron chi connectivity index (χ3n) is 3.64. The number of nitrogens with two attached hydrogens (primary N) is 1. The molecule has 2 atom stereocenters. The van der Waals surface area contributed by atoms with Crippen LogP contribution in [-0.2, 0) is 43.8 Å². The van der Waals surface area contributed by atoms with Gasteiger partial charge >= 0.3 is 13.8 Å². The standard InChI is InChI=1S/C16H23FN5O9P/c1-11(2)31-16(24)27-9-30-32(25,29-8-26-7-23)10-28-13(4-17)3-12-5-21-22-14(12)19-6-20-15(22)18/h5-7,11,13H,3-4,8-10H2,1-2H3,(H2,18,19,20). The Morgan fingerprint density at radius 3 is 2.75 bits per heavy atom. The van der Waals surface area contributed by atoms with Crippen LogP contribution in [0.4, 0.5) is 15.1 Å². The van der Waals surface area contributed by atoms with Gasteiger partial charge in [-0.1, -0.05) is 0 Å². The highest BCUT2D eigenvalue weighted by molar-refractivity contribution is 7.53. The fraction of sp³-hybridized carbons (Fsp3) is 0.562. The zero-order valence-corrected chi connectivity index (χ0v) is 18.2. The molecule has 0 amide bonds. The Balaban J connectivity index is 1.98. The van der Waals surface area contributed by atoms with Crippen LogP contribution in [0.1, 0.15) is 19.4 Å². The third-order valence-corrected chi connectivity index (χ3v) is 5.10. The van der Waals surface area contributed by atoms with E-state index in [1.807, 2.05) is 0 Å². The topological polar surface area (TPSA) is 176 Å². The lowest BCUT2D eigenvalue weighted by Crippen LogP contribution is -2.21. The summed E-state index contributed by atoms with van der Waals surface area (Å²) in [5.74, 6) is 0.0939. The maximum atomic E-state index is 13.6. The molecule has 0 spiro atoms. The average Bonchev–Trinajstić information content (AvgIpc) is 3.15. The summed E-state index contributed by atoms with van der Waals surface area (Å²) in [5, 5.41) is 4.02. The molecule has 2 rings (SSSR count). The third kappa shape index (κ3) is 7.67. The molecule has 2 unspecified atom stereocenters. The van der Waals surface area contributed by atoms with E-state index in [0.29, 0.717) is 11.2 Å². The van der Waals surface area contributed by atoms with Gasteiger partial charge in [0.1, 0.15) is 19.3 Å². The predicted molar refractivity (Wildman–Crippen MR) is 104 cm³/mol. The first-order valence-corrected chi connectivity index (χ1v) is 10.9. The molecule has 2 aromatic heterocycles. The van der Waals surface area contributed by atoms with Gasteiger partial charge in [0, 0.05) is 12.0 Å². The van der Waals surface area contributed by atoms with Gasteiger partial charge in [-0.25, -0.2) is 19.2 Å². The smallest absolute Gasteiger partial charge is 0.440 e. The van der Waals surface area contributed by atoms with Gasteiger partial charge in [-0.2, -0.15) is 9.61 Å². The number of hydrogen-bond acceptors (Lipinski definition) is 13. The quantitative estimate of drug-likeness (QED) is 0.135. The van der Waals surface area contributed by atoms with Gasteiger partial charge in [-0.3, -0.25) is 18.4 Å². The van der Waals surface area contributed by atoms with E-state index in [1.165, 1.54) is 17.0 Å². The van der Waals surface area contributed by atoms with Gasteiger partial charge in [-0.05, 0) is 13.8 Å². The molecule has 0 aliphatic carbocycles. The van der Waals surface area contributed by atoms with Crippen molar-refractivity contribution in [2.75, 3.05) is 32.3 Å². The molecule has 178 valence electrons. The van der Waals surface area contributed by atoms with Crippen molar-refractivity contribution in [2.45, 2.75) is 32.5 Å². The van der Waals surface area contributed by atoms with Crippen molar-refractivity contribution in [3.8, 4) is 0 Å². The summed E-state index contributed by atoms with van der Waals surface area (Å²) in [6.07, 6.45) is -0.674. The molecule has 0 aliphatic rings. The number of hydrogen-bond donors (Lipinski definition) is 1. The first kappa shape index (κ1) is 25.4. The van der Waals surface area contributed by atoms with Crippen LogP contribution in [0, 0.1) is 0 Å². The van der Waals surface area contributed by atoms with Crippen molar-refractivity contribution in [3.05, 3.63) is 18.1 Å². The molecule has 0 saturated heterocycles. The Kier molecular flexibility index (Phi) is 9.71. The number of ether oxygens (including phenoxy) is 4. The van der Waals surface area contributed by atoms with E-state index in [0.717, 1.165) is 0 Å². The number of rotatable bonds is 14. The molecule has 16 heteroatoms. The van der Waals surface area contributed by atoms with Crippen molar-refractivity contribution >= 4 is 31.8 Å². The molecule has 0 saturated carbocycles. The Bertz CT molecular complexity index is 944. The number of alkyl halides is 1. The highest BCUT2D eigenvalue weighted by Crippen LogP contribution is 2.48. The van der Waals surface area contributed by atoms with Crippen LogP contribution in [-0.4, -0.2) is 71.0 Å². The van der Waals surface area contributed by atoms with Crippen LogP contribution in [0.25, 0.3) is 5.65 Å². The number of aromatic nitrogens is 4. The van der Waals surface area contributed by atoms with Crippen LogP contribution < -0.4 is 5.73 Å². The summed E-state index contributed by atoms with van der Waals surface area (Å²) < 4.78 is 56.5. The Morgan fingerprint density at radius 1 is 1.31 bits per heavy atom. The van der Waals surface area contributed by atoms with Crippen molar-refractivity contribution in [3.63, 3.8) is 0 Å². The first-order valence-electron chi connectivity index (χ1n) is 9.15. The highest BCUT2D eigenvalue weighted by atomic mass is 31.2. The van der Waals surface area contributed by atoms with E-state index in [9.17, 15) is 18.5 Å². The molecule has 0 radical (unpaired) electrons. The maximum Gasteiger partial charge on any atom is 0.510 e.